The van der Waals surface area contributed by atoms with Gasteiger partial charge in [0.1, 0.15) is 0 Å². The molecule has 0 bridgehead atoms. The van der Waals surface area contributed by atoms with Crippen molar-refractivity contribution in [3.05, 3.63) is 62.8 Å². The predicted octanol–water partition coefficient (Wildman–Crippen LogP) is 4.50. The molecule has 0 spiro atoms. The van der Waals surface area contributed by atoms with Gasteiger partial charge in [-0.25, -0.2) is 4.98 Å². The number of nitro groups is 1. The molecule has 126 valence electrons. The van der Waals surface area contributed by atoms with Gasteiger partial charge in [0.15, 0.2) is 5.82 Å². The first kappa shape index (κ1) is 17.7. The van der Waals surface area contributed by atoms with Crippen LogP contribution in [0.4, 0.5) is 24.7 Å². The monoisotopic (exact) mass is 358 g/mol. The van der Waals surface area contributed by atoms with Gasteiger partial charge in [-0.3, -0.25) is 15.5 Å². The Bertz CT molecular complexity index is 809. The summed E-state index contributed by atoms with van der Waals surface area (Å²) in [7, 11) is 0. The van der Waals surface area contributed by atoms with E-state index in [2.05, 4.69) is 15.5 Å². The molecule has 0 aliphatic carbocycles. The molecule has 0 aliphatic rings. The second-order valence-corrected chi connectivity index (χ2v) is 5.08. The van der Waals surface area contributed by atoms with Crippen molar-refractivity contribution >= 4 is 28.8 Å². The SMILES string of the molecule is C/C(=N/Nc1ncc(C(F)(F)F)cc1Cl)c1cccc([N+](=O)[O-])c1. The lowest BCUT2D eigenvalue weighted by Gasteiger charge is -2.09. The number of hydrogen-bond donors (Lipinski definition) is 1. The van der Waals surface area contributed by atoms with Crippen LogP contribution in [-0.2, 0) is 6.18 Å². The zero-order valence-electron chi connectivity index (χ0n) is 12.1. The summed E-state index contributed by atoms with van der Waals surface area (Å²) >= 11 is 5.75. The lowest BCUT2D eigenvalue weighted by Crippen LogP contribution is -2.07. The lowest BCUT2D eigenvalue weighted by atomic mass is 10.1. The molecular formula is C14H10ClF3N4O2. The van der Waals surface area contributed by atoms with Crippen molar-refractivity contribution in [2.45, 2.75) is 13.1 Å². The minimum absolute atomic E-state index is 0.0607. The molecule has 0 amide bonds. The van der Waals surface area contributed by atoms with Gasteiger partial charge in [-0.05, 0) is 13.0 Å². The van der Waals surface area contributed by atoms with Crippen LogP contribution in [0.1, 0.15) is 18.1 Å². The molecule has 1 heterocycles. The molecule has 0 radical (unpaired) electrons. The number of nitrogens with one attached hydrogen (secondary N) is 1. The first-order chi connectivity index (χ1) is 11.2. The predicted molar refractivity (Wildman–Crippen MR) is 83.2 cm³/mol. The first-order valence-electron chi connectivity index (χ1n) is 6.46. The van der Waals surface area contributed by atoms with E-state index in [1.165, 1.54) is 18.2 Å². The van der Waals surface area contributed by atoms with Gasteiger partial charge in [0.25, 0.3) is 5.69 Å². The zero-order valence-corrected chi connectivity index (χ0v) is 12.9. The van der Waals surface area contributed by atoms with Crippen molar-refractivity contribution in [3.8, 4) is 0 Å². The standard InChI is InChI=1S/C14H10ClF3N4O2/c1-8(9-3-2-4-11(5-9)22(23)24)20-21-13-12(15)6-10(7-19-13)14(16,17)18/h2-7H,1H3,(H,19,21)/b20-8-. The van der Waals surface area contributed by atoms with E-state index in [0.29, 0.717) is 17.5 Å². The van der Waals surface area contributed by atoms with Crippen molar-refractivity contribution in [3.63, 3.8) is 0 Å². The van der Waals surface area contributed by atoms with Crippen LogP contribution in [0.2, 0.25) is 5.02 Å². The second kappa shape index (κ2) is 6.83. The number of rotatable bonds is 4. The number of pyridine rings is 1. The number of nitro benzene ring substituents is 1. The Morgan fingerprint density at radius 2 is 2.08 bits per heavy atom. The summed E-state index contributed by atoms with van der Waals surface area (Å²) in [5.74, 6) is -0.0607. The average molecular weight is 359 g/mol. The highest BCUT2D eigenvalue weighted by atomic mass is 35.5. The summed E-state index contributed by atoms with van der Waals surface area (Å²) in [6, 6.07) is 6.49. The van der Waals surface area contributed by atoms with E-state index in [1.807, 2.05) is 0 Å². The summed E-state index contributed by atoms with van der Waals surface area (Å²) in [5, 5.41) is 14.4. The Labute approximate surface area is 139 Å². The van der Waals surface area contributed by atoms with E-state index in [0.717, 1.165) is 6.07 Å². The van der Waals surface area contributed by atoms with E-state index in [9.17, 15) is 23.3 Å². The zero-order chi connectivity index (χ0) is 17.9. The highest BCUT2D eigenvalue weighted by Gasteiger charge is 2.31. The fourth-order valence-electron chi connectivity index (χ4n) is 1.72. The van der Waals surface area contributed by atoms with Gasteiger partial charge in [0.05, 0.1) is 21.2 Å². The molecule has 0 fully saturated rings. The molecule has 24 heavy (non-hydrogen) atoms. The summed E-state index contributed by atoms with van der Waals surface area (Å²) in [6.07, 6.45) is -3.91. The van der Waals surface area contributed by atoms with Crippen LogP contribution >= 0.6 is 11.6 Å². The lowest BCUT2D eigenvalue weighted by molar-refractivity contribution is -0.384. The maximum atomic E-state index is 12.5. The molecule has 2 aromatic rings. The largest absolute Gasteiger partial charge is 0.417 e. The van der Waals surface area contributed by atoms with E-state index >= 15 is 0 Å². The molecular weight excluding hydrogens is 349 g/mol. The highest BCUT2D eigenvalue weighted by molar-refractivity contribution is 6.33. The molecule has 1 aromatic heterocycles. The number of nitrogens with zero attached hydrogens (tertiary/aromatic N) is 3. The van der Waals surface area contributed by atoms with Crippen LogP contribution in [0.3, 0.4) is 0 Å². The van der Waals surface area contributed by atoms with Crippen molar-refractivity contribution in [1.82, 2.24) is 4.98 Å². The number of benzene rings is 1. The molecule has 0 unspecified atom stereocenters. The minimum Gasteiger partial charge on any atom is -0.260 e. The van der Waals surface area contributed by atoms with Gasteiger partial charge >= 0.3 is 6.18 Å². The number of alkyl halides is 3. The molecule has 0 saturated carbocycles. The fraction of sp³-hybridized carbons (Fsp3) is 0.143. The van der Waals surface area contributed by atoms with E-state index < -0.39 is 16.7 Å². The quantitative estimate of drug-likeness (QED) is 0.495. The topological polar surface area (TPSA) is 80.4 Å². The average Bonchev–Trinajstić information content (AvgIpc) is 2.52. The van der Waals surface area contributed by atoms with Gasteiger partial charge in [0.2, 0.25) is 0 Å². The third-order valence-corrected chi connectivity index (χ3v) is 3.26. The van der Waals surface area contributed by atoms with Gasteiger partial charge in [-0.1, -0.05) is 23.7 Å². The smallest absolute Gasteiger partial charge is 0.260 e. The van der Waals surface area contributed by atoms with Gasteiger partial charge < -0.3 is 0 Å². The van der Waals surface area contributed by atoms with Gasteiger partial charge in [-0.15, -0.1) is 0 Å². The Balaban J connectivity index is 2.21. The van der Waals surface area contributed by atoms with E-state index in [-0.39, 0.29) is 16.5 Å². The Morgan fingerprint density at radius 1 is 1.38 bits per heavy atom. The molecule has 1 N–H and O–H groups in total. The summed E-state index contributed by atoms with van der Waals surface area (Å²) < 4.78 is 37.6. The number of halogens is 4. The van der Waals surface area contributed by atoms with E-state index in [1.54, 1.807) is 13.0 Å². The van der Waals surface area contributed by atoms with Crippen molar-refractivity contribution in [2.75, 3.05) is 5.43 Å². The van der Waals surface area contributed by atoms with Crippen molar-refractivity contribution in [2.24, 2.45) is 5.10 Å². The third kappa shape index (κ3) is 4.19. The molecule has 0 saturated heterocycles. The van der Waals surface area contributed by atoms with Crippen molar-refractivity contribution in [1.29, 1.82) is 0 Å². The maximum Gasteiger partial charge on any atom is 0.417 e. The van der Waals surface area contributed by atoms with Crippen LogP contribution in [0, 0.1) is 10.1 Å². The third-order valence-electron chi connectivity index (χ3n) is 2.97. The number of hydrogen-bond acceptors (Lipinski definition) is 5. The second-order valence-electron chi connectivity index (χ2n) is 4.67. The molecule has 1 aromatic carbocycles. The highest BCUT2D eigenvalue weighted by Crippen LogP contribution is 2.32. The molecule has 0 atom stereocenters. The number of aromatic nitrogens is 1. The molecule has 0 aliphatic heterocycles. The van der Waals surface area contributed by atoms with Crippen LogP contribution in [0.15, 0.2) is 41.6 Å². The van der Waals surface area contributed by atoms with Gasteiger partial charge in [0, 0.05) is 23.9 Å². The van der Waals surface area contributed by atoms with Crippen LogP contribution in [0.5, 0.6) is 0 Å². The van der Waals surface area contributed by atoms with E-state index in [4.69, 9.17) is 11.6 Å². The maximum absolute atomic E-state index is 12.5. The Hall–Kier alpha value is -2.68. The summed E-state index contributed by atoms with van der Waals surface area (Å²) in [5.41, 5.74) is 2.21. The first-order valence-corrected chi connectivity index (χ1v) is 6.84. The Kier molecular flexibility index (Phi) is 5.03. The Morgan fingerprint density at radius 3 is 2.67 bits per heavy atom. The summed E-state index contributed by atoms with van der Waals surface area (Å²) in [4.78, 5) is 13.8. The molecule has 10 heteroatoms. The normalized spacial score (nSPS) is 12.1. The molecule has 2 rings (SSSR count). The van der Waals surface area contributed by atoms with Crippen LogP contribution in [-0.4, -0.2) is 15.6 Å². The number of non-ortho nitro benzene ring substituents is 1. The van der Waals surface area contributed by atoms with Crippen LogP contribution in [0.25, 0.3) is 0 Å². The van der Waals surface area contributed by atoms with Gasteiger partial charge in [-0.2, -0.15) is 18.3 Å². The minimum atomic E-state index is -4.54. The summed E-state index contributed by atoms with van der Waals surface area (Å²) in [6.45, 7) is 1.57. The van der Waals surface area contributed by atoms with Crippen molar-refractivity contribution < 1.29 is 18.1 Å². The number of hydrazone groups is 1. The molecule has 6 nitrogen and oxygen atoms in total. The number of anilines is 1. The fourth-order valence-corrected chi connectivity index (χ4v) is 1.93. The van der Waals surface area contributed by atoms with Crippen LogP contribution < -0.4 is 5.43 Å².